The number of hydrogen-bond acceptors (Lipinski definition) is 4. The summed E-state index contributed by atoms with van der Waals surface area (Å²) in [4.78, 5) is 3.54. The van der Waals surface area contributed by atoms with E-state index in [1.807, 2.05) is 0 Å². The number of ether oxygens (including phenoxy) is 1. The van der Waals surface area contributed by atoms with E-state index >= 15 is 0 Å². The van der Waals surface area contributed by atoms with Crippen molar-refractivity contribution in [2.45, 2.75) is 5.03 Å². The number of anilines is 1. The first-order valence-corrected chi connectivity index (χ1v) is 7.68. The minimum Gasteiger partial charge on any atom is -0.495 e. The highest BCUT2D eigenvalue weighted by molar-refractivity contribution is 9.10. The highest BCUT2D eigenvalue weighted by Gasteiger charge is 2.20. The lowest BCUT2D eigenvalue weighted by molar-refractivity contribution is 0.412. The van der Waals surface area contributed by atoms with Crippen molar-refractivity contribution in [1.29, 1.82) is 0 Å². The van der Waals surface area contributed by atoms with Gasteiger partial charge in [0.25, 0.3) is 10.0 Å². The minimum atomic E-state index is -4.09. The molecule has 0 radical (unpaired) electrons. The minimum absolute atomic E-state index is 0.245. The van der Waals surface area contributed by atoms with Gasteiger partial charge in [0.15, 0.2) is 5.82 Å². The fraction of sp³-hybridized carbons (Fsp3) is 0.0833. The molecule has 20 heavy (non-hydrogen) atoms. The molecule has 1 aromatic carbocycles. The van der Waals surface area contributed by atoms with Gasteiger partial charge < -0.3 is 4.74 Å². The number of benzene rings is 1. The van der Waals surface area contributed by atoms with E-state index in [1.54, 1.807) is 6.07 Å². The summed E-state index contributed by atoms with van der Waals surface area (Å²) in [5, 5.41) is -0.651. The van der Waals surface area contributed by atoms with Crippen LogP contribution in [0.5, 0.6) is 5.75 Å². The first-order valence-electron chi connectivity index (χ1n) is 5.41. The number of pyridine rings is 1. The number of aromatic nitrogens is 1. The molecule has 5 nitrogen and oxygen atoms in total. The van der Waals surface area contributed by atoms with Crippen LogP contribution in [0.2, 0.25) is 0 Å². The van der Waals surface area contributed by atoms with E-state index in [2.05, 4.69) is 25.6 Å². The Morgan fingerprint density at radius 1 is 1.35 bits per heavy atom. The molecule has 2 rings (SSSR count). The number of halogens is 2. The van der Waals surface area contributed by atoms with Crippen molar-refractivity contribution in [2.75, 3.05) is 11.8 Å². The van der Waals surface area contributed by atoms with Crippen LogP contribution in [0.4, 0.5) is 10.1 Å². The largest absolute Gasteiger partial charge is 0.495 e. The summed E-state index contributed by atoms with van der Waals surface area (Å²) in [5.41, 5.74) is 0.245. The summed E-state index contributed by atoms with van der Waals surface area (Å²) in [6.45, 7) is 0. The van der Waals surface area contributed by atoms with Gasteiger partial charge in [-0.05, 0) is 40.2 Å². The molecule has 0 aliphatic carbocycles. The van der Waals surface area contributed by atoms with Gasteiger partial charge in [-0.2, -0.15) is 8.42 Å². The maximum absolute atomic E-state index is 13.5. The smallest absolute Gasteiger partial charge is 0.282 e. The standard InChI is InChI=1S/C12H10BrFN2O3S/c1-19-11-7-8(4-5-9(11)13)16-20(17,18)12-10(14)3-2-6-15-12/h2-7,16H,1H3. The molecule has 0 bridgehead atoms. The molecular formula is C12H10BrFN2O3S. The van der Waals surface area contributed by atoms with Gasteiger partial charge in [0.2, 0.25) is 5.03 Å². The second-order valence-corrected chi connectivity index (χ2v) is 6.20. The second-order valence-electron chi connectivity index (χ2n) is 3.75. The SMILES string of the molecule is COc1cc(NS(=O)(=O)c2ncccc2F)ccc1Br. The lowest BCUT2D eigenvalue weighted by Crippen LogP contribution is -2.16. The van der Waals surface area contributed by atoms with Crippen LogP contribution >= 0.6 is 15.9 Å². The zero-order chi connectivity index (χ0) is 14.8. The fourth-order valence-corrected chi connectivity index (χ4v) is 2.96. The van der Waals surface area contributed by atoms with Gasteiger partial charge in [-0.1, -0.05) is 0 Å². The maximum Gasteiger partial charge on any atom is 0.282 e. The number of nitrogens with one attached hydrogen (secondary N) is 1. The molecule has 0 saturated heterocycles. The van der Waals surface area contributed by atoms with E-state index in [9.17, 15) is 12.8 Å². The van der Waals surface area contributed by atoms with E-state index in [-0.39, 0.29) is 5.69 Å². The Hall–Kier alpha value is -1.67. The van der Waals surface area contributed by atoms with Crippen LogP contribution in [0.15, 0.2) is 46.0 Å². The van der Waals surface area contributed by atoms with Crippen LogP contribution in [0, 0.1) is 5.82 Å². The highest BCUT2D eigenvalue weighted by atomic mass is 79.9. The van der Waals surface area contributed by atoms with Crippen molar-refractivity contribution in [1.82, 2.24) is 4.98 Å². The zero-order valence-corrected chi connectivity index (χ0v) is 12.7. The summed E-state index contributed by atoms with van der Waals surface area (Å²) >= 11 is 3.25. The lowest BCUT2D eigenvalue weighted by atomic mass is 10.3. The summed E-state index contributed by atoms with van der Waals surface area (Å²) in [6.07, 6.45) is 1.21. The van der Waals surface area contributed by atoms with Gasteiger partial charge in [0.1, 0.15) is 5.75 Å². The van der Waals surface area contributed by atoms with E-state index in [1.165, 1.54) is 31.5 Å². The quantitative estimate of drug-likeness (QED) is 0.909. The van der Waals surface area contributed by atoms with E-state index in [4.69, 9.17) is 4.74 Å². The first-order chi connectivity index (χ1) is 9.44. The summed E-state index contributed by atoms with van der Waals surface area (Å²) in [6, 6.07) is 6.96. The molecule has 2 aromatic rings. The second kappa shape index (κ2) is 5.76. The van der Waals surface area contributed by atoms with Crippen LogP contribution < -0.4 is 9.46 Å². The van der Waals surface area contributed by atoms with E-state index in [0.717, 1.165) is 6.07 Å². The first kappa shape index (κ1) is 14.7. The van der Waals surface area contributed by atoms with Gasteiger partial charge in [-0.3, -0.25) is 4.72 Å². The van der Waals surface area contributed by atoms with Gasteiger partial charge in [-0.25, -0.2) is 9.37 Å². The summed E-state index contributed by atoms with van der Waals surface area (Å²) in [7, 11) is -2.63. The average Bonchev–Trinajstić information content (AvgIpc) is 2.41. The fourth-order valence-electron chi connectivity index (χ4n) is 1.50. The zero-order valence-electron chi connectivity index (χ0n) is 10.3. The third-order valence-electron chi connectivity index (χ3n) is 2.38. The Morgan fingerprint density at radius 3 is 2.75 bits per heavy atom. The van der Waals surface area contributed by atoms with E-state index in [0.29, 0.717) is 10.2 Å². The van der Waals surface area contributed by atoms with Crippen molar-refractivity contribution < 1.29 is 17.5 Å². The Kier molecular flexibility index (Phi) is 4.24. The molecule has 0 saturated carbocycles. The molecule has 0 atom stereocenters. The number of rotatable bonds is 4. The predicted octanol–water partition coefficient (Wildman–Crippen LogP) is 2.79. The van der Waals surface area contributed by atoms with Gasteiger partial charge in [-0.15, -0.1) is 0 Å². The van der Waals surface area contributed by atoms with Crippen molar-refractivity contribution >= 4 is 31.6 Å². The number of methoxy groups -OCH3 is 1. The van der Waals surface area contributed by atoms with Crippen molar-refractivity contribution in [3.05, 3.63) is 46.8 Å². The van der Waals surface area contributed by atoms with Crippen LogP contribution in [0.1, 0.15) is 0 Å². The number of hydrogen-bond donors (Lipinski definition) is 1. The monoisotopic (exact) mass is 360 g/mol. The Labute approximate surface area is 124 Å². The van der Waals surface area contributed by atoms with Gasteiger partial charge in [0.05, 0.1) is 17.3 Å². The predicted molar refractivity (Wildman–Crippen MR) is 75.7 cm³/mol. The molecule has 0 unspecified atom stereocenters. The van der Waals surface area contributed by atoms with Gasteiger partial charge in [0, 0.05) is 12.3 Å². The van der Waals surface area contributed by atoms with Crippen molar-refractivity contribution in [3.63, 3.8) is 0 Å². The third kappa shape index (κ3) is 3.07. The Bertz CT molecular complexity index is 737. The lowest BCUT2D eigenvalue weighted by Gasteiger charge is -2.10. The molecule has 0 spiro atoms. The highest BCUT2D eigenvalue weighted by Crippen LogP contribution is 2.29. The topological polar surface area (TPSA) is 68.3 Å². The molecule has 0 aliphatic heterocycles. The average molecular weight is 361 g/mol. The van der Waals surface area contributed by atoms with Crippen LogP contribution in [0.3, 0.4) is 0 Å². The molecule has 1 heterocycles. The van der Waals surface area contributed by atoms with Crippen LogP contribution in [-0.4, -0.2) is 20.5 Å². The molecule has 106 valence electrons. The Balaban J connectivity index is 2.36. The molecule has 0 aliphatic rings. The van der Waals surface area contributed by atoms with Crippen molar-refractivity contribution in [3.8, 4) is 5.75 Å². The third-order valence-corrected chi connectivity index (χ3v) is 4.35. The number of sulfonamides is 1. The number of nitrogens with zero attached hydrogens (tertiary/aromatic N) is 1. The molecule has 1 N–H and O–H groups in total. The van der Waals surface area contributed by atoms with E-state index < -0.39 is 20.9 Å². The normalized spacial score (nSPS) is 11.2. The summed E-state index contributed by atoms with van der Waals surface area (Å²) in [5.74, 6) is -0.462. The Morgan fingerprint density at radius 2 is 2.10 bits per heavy atom. The van der Waals surface area contributed by atoms with Gasteiger partial charge >= 0.3 is 0 Å². The molecular weight excluding hydrogens is 351 g/mol. The maximum atomic E-state index is 13.5. The molecule has 1 aromatic heterocycles. The van der Waals surface area contributed by atoms with Crippen LogP contribution in [-0.2, 0) is 10.0 Å². The molecule has 0 amide bonds. The van der Waals surface area contributed by atoms with Crippen LogP contribution in [0.25, 0.3) is 0 Å². The summed E-state index contributed by atoms with van der Waals surface area (Å²) < 4.78 is 45.5. The van der Waals surface area contributed by atoms with Crippen molar-refractivity contribution in [2.24, 2.45) is 0 Å². The molecule has 8 heteroatoms. The molecule has 0 fully saturated rings.